The molecular formula is C11H11IN4O2. The number of rotatable bonds is 4. The Morgan fingerprint density at radius 2 is 2.33 bits per heavy atom. The van der Waals surface area contributed by atoms with Crippen LogP contribution in [0.15, 0.2) is 30.6 Å². The summed E-state index contributed by atoms with van der Waals surface area (Å²) in [6.07, 6.45) is 3.31. The molecule has 1 amide bonds. The van der Waals surface area contributed by atoms with Crippen molar-refractivity contribution in [2.24, 2.45) is 0 Å². The molecule has 0 aliphatic carbocycles. The van der Waals surface area contributed by atoms with Crippen molar-refractivity contribution in [3.63, 3.8) is 0 Å². The molecule has 1 aromatic heterocycles. The van der Waals surface area contributed by atoms with Crippen molar-refractivity contribution in [3.8, 4) is 5.75 Å². The van der Waals surface area contributed by atoms with E-state index in [0.29, 0.717) is 22.2 Å². The SMILES string of the molecule is O=C(NCCn1ccnn1)c1ccc(I)c(O)c1. The van der Waals surface area contributed by atoms with Crippen LogP contribution in [-0.4, -0.2) is 32.6 Å². The summed E-state index contributed by atoms with van der Waals surface area (Å²) in [5.74, 6) is -0.110. The maximum atomic E-state index is 11.8. The van der Waals surface area contributed by atoms with Gasteiger partial charge in [-0.15, -0.1) is 5.10 Å². The second-order valence-corrected chi connectivity index (χ2v) is 4.75. The highest BCUT2D eigenvalue weighted by atomic mass is 127. The molecule has 0 fully saturated rings. The molecule has 2 rings (SSSR count). The summed E-state index contributed by atoms with van der Waals surface area (Å²) in [6.45, 7) is 1.01. The topological polar surface area (TPSA) is 80.0 Å². The maximum absolute atomic E-state index is 11.8. The first kappa shape index (κ1) is 12.8. The van der Waals surface area contributed by atoms with Gasteiger partial charge in [-0.1, -0.05) is 5.21 Å². The first-order chi connectivity index (χ1) is 8.66. The van der Waals surface area contributed by atoms with E-state index in [1.54, 1.807) is 29.2 Å². The first-order valence-corrected chi connectivity index (χ1v) is 6.35. The predicted octanol–water partition coefficient (Wildman–Crippen LogP) is 1.02. The summed E-state index contributed by atoms with van der Waals surface area (Å²) in [5, 5.41) is 19.7. The van der Waals surface area contributed by atoms with Gasteiger partial charge in [-0.05, 0) is 40.8 Å². The highest BCUT2D eigenvalue weighted by Gasteiger charge is 2.07. The van der Waals surface area contributed by atoms with Crippen molar-refractivity contribution in [2.75, 3.05) is 6.54 Å². The van der Waals surface area contributed by atoms with Crippen LogP contribution in [0.3, 0.4) is 0 Å². The standard InChI is InChI=1S/C11H11IN4O2/c12-9-2-1-8(7-10(9)17)11(18)13-3-5-16-6-4-14-15-16/h1-2,4,6-7,17H,3,5H2,(H,13,18). The van der Waals surface area contributed by atoms with Crippen LogP contribution in [0.25, 0.3) is 0 Å². The molecule has 0 aliphatic heterocycles. The Bertz CT molecular complexity index is 542. The van der Waals surface area contributed by atoms with Crippen molar-refractivity contribution in [2.45, 2.75) is 6.54 Å². The van der Waals surface area contributed by atoms with Gasteiger partial charge in [0, 0.05) is 18.3 Å². The van der Waals surface area contributed by atoms with Gasteiger partial charge in [-0.3, -0.25) is 9.48 Å². The number of aromatic hydroxyl groups is 1. The predicted molar refractivity (Wildman–Crippen MR) is 73.2 cm³/mol. The third-order valence-electron chi connectivity index (χ3n) is 2.31. The molecule has 18 heavy (non-hydrogen) atoms. The van der Waals surface area contributed by atoms with Crippen molar-refractivity contribution >= 4 is 28.5 Å². The van der Waals surface area contributed by atoms with E-state index < -0.39 is 0 Å². The fraction of sp³-hybridized carbons (Fsp3) is 0.182. The van der Waals surface area contributed by atoms with Crippen molar-refractivity contribution in [3.05, 3.63) is 39.7 Å². The van der Waals surface area contributed by atoms with Gasteiger partial charge in [0.2, 0.25) is 0 Å². The molecule has 0 spiro atoms. The Morgan fingerprint density at radius 1 is 1.50 bits per heavy atom. The van der Waals surface area contributed by atoms with E-state index in [9.17, 15) is 9.90 Å². The van der Waals surface area contributed by atoms with Crippen LogP contribution in [0.4, 0.5) is 0 Å². The zero-order valence-corrected chi connectivity index (χ0v) is 11.5. The van der Waals surface area contributed by atoms with Crippen molar-refractivity contribution in [1.82, 2.24) is 20.3 Å². The normalized spacial score (nSPS) is 10.3. The van der Waals surface area contributed by atoms with Gasteiger partial charge in [0.25, 0.3) is 5.91 Å². The summed E-state index contributed by atoms with van der Waals surface area (Å²) in [4.78, 5) is 11.8. The van der Waals surface area contributed by atoms with Crippen LogP contribution in [0.2, 0.25) is 0 Å². The Balaban J connectivity index is 1.89. The summed E-state index contributed by atoms with van der Waals surface area (Å²) in [6, 6.07) is 4.82. The lowest BCUT2D eigenvalue weighted by atomic mass is 10.2. The molecule has 0 radical (unpaired) electrons. The highest BCUT2D eigenvalue weighted by Crippen LogP contribution is 2.20. The highest BCUT2D eigenvalue weighted by molar-refractivity contribution is 14.1. The minimum Gasteiger partial charge on any atom is -0.507 e. The molecule has 6 nitrogen and oxygen atoms in total. The lowest BCUT2D eigenvalue weighted by Gasteiger charge is -2.06. The van der Waals surface area contributed by atoms with E-state index in [1.165, 1.54) is 6.07 Å². The van der Waals surface area contributed by atoms with E-state index in [2.05, 4.69) is 15.6 Å². The Morgan fingerprint density at radius 3 is 3.00 bits per heavy atom. The van der Waals surface area contributed by atoms with E-state index in [-0.39, 0.29) is 11.7 Å². The first-order valence-electron chi connectivity index (χ1n) is 5.27. The summed E-state index contributed by atoms with van der Waals surface area (Å²) < 4.78 is 2.35. The van der Waals surface area contributed by atoms with Gasteiger partial charge in [0.15, 0.2) is 0 Å². The van der Waals surface area contributed by atoms with E-state index in [4.69, 9.17) is 0 Å². The fourth-order valence-electron chi connectivity index (χ4n) is 1.39. The van der Waals surface area contributed by atoms with Crippen LogP contribution in [0.5, 0.6) is 5.75 Å². The third-order valence-corrected chi connectivity index (χ3v) is 3.22. The third kappa shape index (κ3) is 3.19. The number of amides is 1. The van der Waals surface area contributed by atoms with Crippen molar-refractivity contribution in [1.29, 1.82) is 0 Å². The number of nitrogens with zero attached hydrogens (tertiary/aromatic N) is 3. The summed E-state index contributed by atoms with van der Waals surface area (Å²) >= 11 is 2.00. The Hall–Kier alpha value is -1.64. The largest absolute Gasteiger partial charge is 0.507 e. The number of hydrogen-bond acceptors (Lipinski definition) is 4. The van der Waals surface area contributed by atoms with Gasteiger partial charge >= 0.3 is 0 Å². The molecule has 1 heterocycles. The van der Waals surface area contributed by atoms with E-state index >= 15 is 0 Å². The minimum atomic E-state index is -0.221. The van der Waals surface area contributed by atoms with Crippen molar-refractivity contribution < 1.29 is 9.90 Å². The summed E-state index contributed by atoms with van der Waals surface area (Å²) in [5.41, 5.74) is 0.437. The van der Waals surface area contributed by atoms with Crippen LogP contribution >= 0.6 is 22.6 Å². The minimum absolute atomic E-state index is 0.111. The monoisotopic (exact) mass is 358 g/mol. The number of benzene rings is 1. The van der Waals surface area contributed by atoms with Gasteiger partial charge in [-0.25, -0.2) is 0 Å². The molecule has 0 bridgehead atoms. The smallest absolute Gasteiger partial charge is 0.251 e. The molecule has 0 saturated heterocycles. The van der Waals surface area contributed by atoms with Crippen LogP contribution in [0, 0.1) is 3.57 Å². The van der Waals surface area contributed by atoms with E-state index in [1.807, 2.05) is 22.6 Å². The number of carbonyl (C=O) groups is 1. The van der Waals surface area contributed by atoms with Crippen LogP contribution in [0.1, 0.15) is 10.4 Å². The number of phenols is 1. The average Bonchev–Trinajstić information content (AvgIpc) is 2.85. The molecule has 0 atom stereocenters. The zero-order chi connectivity index (χ0) is 13.0. The zero-order valence-electron chi connectivity index (χ0n) is 9.38. The van der Waals surface area contributed by atoms with Gasteiger partial charge in [-0.2, -0.15) is 0 Å². The Labute approximate surface area is 117 Å². The number of nitrogens with one attached hydrogen (secondary N) is 1. The van der Waals surface area contributed by atoms with E-state index in [0.717, 1.165) is 0 Å². The maximum Gasteiger partial charge on any atom is 0.251 e. The second kappa shape index (κ2) is 5.80. The number of hydrogen-bond donors (Lipinski definition) is 2. The number of aromatic nitrogens is 3. The Kier molecular flexibility index (Phi) is 4.13. The second-order valence-electron chi connectivity index (χ2n) is 3.59. The average molecular weight is 358 g/mol. The summed E-state index contributed by atoms with van der Waals surface area (Å²) in [7, 11) is 0. The number of carbonyl (C=O) groups excluding carboxylic acids is 1. The molecule has 94 valence electrons. The van der Waals surface area contributed by atoms with Gasteiger partial charge in [0.1, 0.15) is 5.75 Å². The number of halogens is 1. The van der Waals surface area contributed by atoms with Gasteiger partial charge in [0.05, 0.1) is 16.3 Å². The lowest BCUT2D eigenvalue weighted by molar-refractivity contribution is 0.0951. The molecule has 0 aliphatic rings. The molecule has 2 aromatic rings. The lowest BCUT2D eigenvalue weighted by Crippen LogP contribution is -2.27. The molecule has 1 aromatic carbocycles. The van der Waals surface area contributed by atoms with Crippen LogP contribution < -0.4 is 5.32 Å². The number of phenolic OH excluding ortho intramolecular Hbond substituents is 1. The molecule has 0 unspecified atom stereocenters. The quantitative estimate of drug-likeness (QED) is 0.800. The van der Waals surface area contributed by atoms with Crippen LogP contribution in [-0.2, 0) is 6.54 Å². The van der Waals surface area contributed by atoms with Gasteiger partial charge < -0.3 is 10.4 Å². The molecule has 2 N–H and O–H groups in total. The molecule has 7 heteroatoms. The fourth-order valence-corrected chi connectivity index (χ4v) is 1.73. The molecular weight excluding hydrogens is 347 g/mol. The molecule has 0 saturated carbocycles.